The lowest BCUT2D eigenvalue weighted by atomic mass is 10.1. The number of thiophene rings is 1. The van der Waals surface area contributed by atoms with Gasteiger partial charge in [0.15, 0.2) is 5.16 Å². The van der Waals surface area contributed by atoms with Gasteiger partial charge in [0.1, 0.15) is 4.70 Å². The number of amides is 1. The second-order valence-electron chi connectivity index (χ2n) is 6.10. The summed E-state index contributed by atoms with van der Waals surface area (Å²) < 4.78 is 2.27. The Morgan fingerprint density at radius 2 is 2.12 bits per heavy atom. The third-order valence-electron chi connectivity index (χ3n) is 3.96. The van der Waals surface area contributed by atoms with Gasteiger partial charge < -0.3 is 5.32 Å². The lowest BCUT2D eigenvalue weighted by Gasteiger charge is -2.15. The van der Waals surface area contributed by atoms with E-state index in [0.29, 0.717) is 21.9 Å². The first kappa shape index (κ1) is 18.7. The number of carbonyl (C=O) groups is 1. The Labute approximate surface area is 160 Å². The molecule has 1 N–H and O–H groups in total. The minimum absolute atomic E-state index is 0.0518. The summed E-state index contributed by atoms with van der Waals surface area (Å²) in [6.07, 6.45) is 0.892. The van der Waals surface area contributed by atoms with Crippen molar-refractivity contribution in [1.82, 2.24) is 14.9 Å². The van der Waals surface area contributed by atoms with Crippen molar-refractivity contribution >= 4 is 39.2 Å². The zero-order valence-corrected chi connectivity index (χ0v) is 16.7. The van der Waals surface area contributed by atoms with Crippen LogP contribution in [0.15, 0.2) is 39.6 Å². The van der Waals surface area contributed by atoms with E-state index >= 15 is 0 Å². The van der Waals surface area contributed by atoms with Crippen LogP contribution in [0.5, 0.6) is 0 Å². The summed E-state index contributed by atoms with van der Waals surface area (Å²) in [5, 5.41) is 5.27. The third-order valence-corrected chi connectivity index (χ3v) is 5.79. The molecule has 0 atom stereocenters. The lowest BCUT2D eigenvalue weighted by Crippen LogP contribution is -2.27. The number of carbonyl (C=O) groups excluding carboxylic acids is 1. The van der Waals surface area contributed by atoms with Crippen molar-refractivity contribution in [1.29, 1.82) is 0 Å². The maximum Gasteiger partial charge on any atom is 0.276 e. The van der Waals surface area contributed by atoms with Gasteiger partial charge in [-0.3, -0.25) is 14.2 Å². The summed E-state index contributed by atoms with van der Waals surface area (Å²) in [5.41, 5.74) is 3.47. The highest BCUT2D eigenvalue weighted by molar-refractivity contribution is 7.99. The van der Waals surface area contributed by atoms with Crippen LogP contribution in [0.3, 0.4) is 0 Å². The van der Waals surface area contributed by atoms with E-state index in [2.05, 4.69) is 10.3 Å². The van der Waals surface area contributed by atoms with Crippen LogP contribution in [-0.4, -0.2) is 27.8 Å². The second-order valence-corrected chi connectivity index (χ2v) is 7.96. The molecule has 1 amide bonds. The van der Waals surface area contributed by atoms with E-state index in [9.17, 15) is 9.59 Å². The summed E-state index contributed by atoms with van der Waals surface area (Å²) in [4.78, 5) is 29.8. The smallest absolute Gasteiger partial charge is 0.276 e. The van der Waals surface area contributed by atoms with Crippen LogP contribution in [0, 0.1) is 13.8 Å². The molecule has 0 bridgehead atoms. The summed E-state index contributed by atoms with van der Waals surface area (Å²) in [5.74, 6) is 0.177. The Morgan fingerprint density at radius 3 is 2.88 bits per heavy atom. The molecule has 0 radical (unpaired) electrons. The van der Waals surface area contributed by atoms with Crippen LogP contribution in [0.4, 0.5) is 0 Å². The molecule has 0 fully saturated rings. The highest BCUT2D eigenvalue weighted by Crippen LogP contribution is 2.25. The number of nitrogens with one attached hydrogen (secondary N) is 1. The molecule has 3 aromatic rings. The lowest BCUT2D eigenvalue weighted by molar-refractivity contribution is -0.118. The molecular formula is C19H21N3O2S2. The number of benzene rings is 1. The van der Waals surface area contributed by atoms with Crippen molar-refractivity contribution in [3.63, 3.8) is 0 Å². The molecule has 0 unspecified atom stereocenters. The van der Waals surface area contributed by atoms with E-state index < -0.39 is 0 Å². The van der Waals surface area contributed by atoms with E-state index in [1.807, 2.05) is 50.4 Å². The first-order valence-corrected chi connectivity index (χ1v) is 10.3. The van der Waals surface area contributed by atoms with Crippen LogP contribution in [-0.2, 0) is 4.79 Å². The number of hydrogen-bond donors (Lipinski definition) is 1. The van der Waals surface area contributed by atoms with E-state index in [4.69, 9.17) is 0 Å². The number of fused-ring (bicyclic) bond motifs is 1. The van der Waals surface area contributed by atoms with Gasteiger partial charge in [0, 0.05) is 6.54 Å². The maximum absolute atomic E-state index is 13.1. The minimum Gasteiger partial charge on any atom is -0.355 e. The number of rotatable bonds is 6. The largest absolute Gasteiger partial charge is 0.355 e. The first-order chi connectivity index (χ1) is 12.5. The topological polar surface area (TPSA) is 64.0 Å². The highest BCUT2D eigenvalue weighted by Gasteiger charge is 2.17. The van der Waals surface area contributed by atoms with E-state index in [0.717, 1.165) is 23.2 Å². The van der Waals surface area contributed by atoms with Gasteiger partial charge in [-0.2, -0.15) is 0 Å². The molecule has 7 heteroatoms. The second kappa shape index (κ2) is 8.05. The Kier molecular flexibility index (Phi) is 5.78. The Hall–Kier alpha value is -2.12. The molecule has 0 aliphatic rings. The monoisotopic (exact) mass is 387 g/mol. The molecule has 26 heavy (non-hydrogen) atoms. The first-order valence-electron chi connectivity index (χ1n) is 8.48. The predicted octanol–water partition coefficient (Wildman–Crippen LogP) is 3.68. The van der Waals surface area contributed by atoms with Gasteiger partial charge >= 0.3 is 0 Å². The molecule has 0 saturated carbocycles. The van der Waals surface area contributed by atoms with Gasteiger partial charge in [0.05, 0.1) is 17.0 Å². The number of nitrogens with zero attached hydrogens (tertiary/aromatic N) is 2. The summed E-state index contributed by atoms with van der Waals surface area (Å²) in [6.45, 7) is 6.64. The normalized spacial score (nSPS) is 11.0. The van der Waals surface area contributed by atoms with Gasteiger partial charge in [-0.25, -0.2) is 4.98 Å². The molecular weight excluding hydrogens is 366 g/mol. The van der Waals surface area contributed by atoms with Crippen molar-refractivity contribution in [3.05, 3.63) is 51.1 Å². The zero-order chi connectivity index (χ0) is 18.7. The molecule has 2 heterocycles. The number of aryl methyl sites for hydroxylation is 2. The van der Waals surface area contributed by atoms with Gasteiger partial charge in [0.25, 0.3) is 5.56 Å². The maximum atomic E-state index is 13.1. The van der Waals surface area contributed by atoms with Crippen molar-refractivity contribution in [2.45, 2.75) is 32.3 Å². The summed E-state index contributed by atoms with van der Waals surface area (Å²) in [7, 11) is 0. The molecule has 5 nitrogen and oxygen atoms in total. The Morgan fingerprint density at radius 1 is 1.31 bits per heavy atom. The molecule has 0 aliphatic carbocycles. The van der Waals surface area contributed by atoms with Gasteiger partial charge in [-0.15, -0.1) is 11.3 Å². The van der Waals surface area contributed by atoms with Crippen LogP contribution >= 0.6 is 23.1 Å². The molecule has 3 rings (SSSR count). The average Bonchev–Trinajstić information content (AvgIpc) is 3.09. The SMILES string of the molecule is CCCNC(=O)CSc1nc2ccsc2c(=O)n1-c1cc(C)ccc1C. The Balaban J connectivity index is 2.07. The van der Waals surface area contributed by atoms with Crippen molar-refractivity contribution in [2.24, 2.45) is 0 Å². The van der Waals surface area contributed by atoms with E-state index in [1.54, 1.807) is 4.57 Å². The van der Waals surface area contributed by atoms with Gasteiger partial charge in [0.2, 0.25) is 5.91 Å². The van der Waals surface area contributed by atoms with Crippen molar-refractivity contribution in [3.8, 4) is 5.69 Å². The molecule has 2 aromatic heterocycles. The molecule has 0 spiro atoms. The summed E-state index contributed by atoms with van der Waals surface area (Å²) in [6, 6.07) is 7.85. The molecule has 0 aliphatic heterocycles. The average molecular weight is 388 g/mol. The predicted molar refractivity (Wildman–Crippen MR) is 109 cm³/mol. The third kappa shape index (κ3) is 3.83. The van der Waals surface area contributed by atoms with Crippen molar-refractivity contribution < 1.29 is 4.79 Å². The Bertz CT molecular complexity index is 1010. The number of aromatic nitrogens is 2. The van der Waals surface area contributed by atoms with Gasteiger partial charge in [-0.05, 0) is 48.9 Å². The highest BCUT2D eigenvalue weighted by atomic mass is 32.2. The standard InChI is InChI=1S/C19H21N3O2S2/c1-4-8-20-16(23)11-26-19-21-14-7-9-25-17(14)18(24)22(19)15-10-12(2)5-6-13(15)3/h5-7,9-10H,4,8,11H2,1-3H3,(H,20,23). The van der Waals surface area contributed by atoms with Crippen LogP contribution in [0.1, 0.15) is 24.5 Å². The van der Waals surface area contributed by atoms with Gasteiger partial charge in [-0.1, -0.05) is 30.8 Å². The fourth-order valence-electron chi connectivity index (χ4n) is 2.61. The quantitative estimate of drug-likeness (QED) is 0.518. The van der Waals surface area contributed by atoms with Crippen LogP contribution in [0.2, 0.25) is 0 Å². The van der Waals surface area contributed by atoms with E-state index in [1.165, 1.54) is 23.1 Å². The van der Waals surface area contributed by atoms with E-state index in [-0.39, 0.29) is 17.2 Å². The minimum atomic E-state index is -0.0878. The molecule has 0 saturated heterocycles. The summed E-state index contributed by atoms with van der Waals surface area (Å²) >= 11 is 2.68. The molecule has 1 aromatic carbocycles. The van der Waals surface area contributed by atoms with Crippen molar-refractivity contribution in [2.75, 3.05) is 12.3 Å². The number of hydrogen-bond acceptors (Lipinski definition) is 5. The molecule has 136 valence electrons. The van der Waals surface area contributed by atoms with Crippen LogP contribution < -0.4 is 10.9 Å². The van der Waals surface area contributed by atoms with Crippen LogP contribution in [0.25, 0.3) is 15.9 Å². The zero-order valence-electron chi connectivity index (χ0n) is 15.0. The fourth-order valence-corrected chi connectivity index (χ4v) is 4.20. The fraction of sp³-hybridized carbons (Fsp3) is 0.316. The number of thioether (sulfide) groups is 1.